The number of rotatable bonds is 2. The van der Waals surface area contributed by atoms with E-state index in [9.17, 15) is 0 Å². The molecule has 0 aromatic heterocycles. The molecule has 0 radical (unpaired) electrons. The average molecular weight is 214 g/mol. The summed E-state index contributed by atoms with van der Waals surface area (Å²) in [5, 5.41) is 0. The first-order chi connectivity index (χ1) is 4.65. The molecule has 0 bridgehead atoms. The topological polar surface area (TPSA) is 12.0 Å². The van der Waals surface area contributed by atoms with E-state index in [4.69, 9.17) is 23.2 Å². The van der Waals surface area contributed by atoms with Gasteiger partial charge in [0, 0.05) is 5.54 Å². The van der Waals surface area contributed by atoms with Crippen LogP contribution >= 0.6 is 23.2 Å². The van der Waals surface area contributed by atoms with Crippen LogP contribution in [-0.4, -0.2) is 18.2 Å². The first-order valence-corrected chi connectivity index (χ1v) is 7.68. The average Bonchev–Trinajstić information content (AvgIpc) is 1.56. The highest BCUT2D eigenvalue weighted by Crippen LogP contribution is 2.18. The fourth-order valence-corrected chi connectivity index (χ4v) is 3.39. The Balaban J connectivity index is 4.13. The van der Waals surface area contributed by atoms with E-state index in [0.717, 1.165) is 0 Å². The first kappa shape index (κ1) is 11.8. The van der Waals surface area contributed by atoms with Gasteiger partial charge in [-0.2, -0.15) is 0 Å². The Morgan fingerprint density at radius 1 is 1.18 bits per heavy atom. The van der Waals surface area contributed by atoms with Crippen LogP contribution in [0.5, 0.6) is 0 Å². The summed E-state index contributed by atoms with van der Waals surface area (Å²) in [5.41, 5.74) is 0.109. The summed E-state index contributed by atoms with van der Waals surface area (Å²) in [7, 11) is -1.64. The molecule has 0 aromatic carbocycles. The van der Waals surface area contributed by atoms with Crippen molar-refractivity contribution in [2.24, 2.45) is 0 Å². The zero-order chi connectivity index (χ0) is 9.28. The van der Waals surface area contributed by atoms with Gasteiger partial charge in [0.1, 0.15) is 4.46 Å². The molecule has 4 heteroatoms. The maximum absolute atomic E-state index is 5.84. The van der Waals surface area contributed by atoms with Crippen molar-refractivity contribution >= 4 is 31.4 Å². The molecule has 0 aliphatic carbocycles. The van der Waals surface area contributed by atoms with E-state index in [1.54, 1.807) is 0 Å². The Bertz CT molecular complexity index is 129. The summed E-state index contributed by atoms with van der Waals surface area (Å²) in [4.78, 5) is 3.47. The maximum Gasteiger partial charge on any atom is 0.156 e. The lowest BCUT2D eigenvalue weighted by molar-refractivity contribution is 0.512. The van der Waals surface area contributed by atoms with Crippen LogP contribution in [0, 0.1) is 0 Å². The molecule has 0 aromatic rings. The molecule has 0 saturated carbocycles. The van der Waals surface area contributed by atoms with Crippen molar-refractivity contribution in [3.8, 4) is 0 Å². The minimum absolute atomic E-state index is 0.109. The second kappa shape index (κ2) is 3.65. The van der Waals surface area contributed by atoms with Gasteiger partial charge in [0.15, 0.2) is 8.24 Å². The Morgan fingerprint density at radius 3 is 1.64 bits per heavy atom. The number of nitrogens with one attached hydrogen (secondary N) is 1. The fraction of sp³-hybridized carbons (Fsp3) is 1.00. The quantitative estimate of drug-likeness (QED) is 0.550. The van der Waals surface area contributed by atoms with Gasteiger partial charge in [0.2, 0.25) is 0 Å². The Labute approximate surface area is 80.5 Å². The van der Waals surface area contributed by atoms with Gasteiger partial charge in [-0.15, -0.1) is 23.2 Å². The molecule has 0 fully saturated rings. The number of hydrogen-bond donors (Lipinski definition) is 1. The van der Waals surface area contributed by atoms with Crippen LogP contribution in [0.2, 0.25) is 13.1 Å². The van der Waals surface area contributed by atoms with E-state index < -0.39 is 8.24 Å². The van der Waals surface area contributed by atoms with Gasteiger partial charge in [-0.3, -0.25) is 0 Å². The van der Waals surface area contributed by atoms with Crippen molar-refractivity contribution in [2.75, 3.05) is 0 Å². The minimum Gasteiger partial charge on any atom is -0.331 e. The molecule has 0 rings (SSSR count). The van der Waals surface area contributed by atoms with Crippen LogP contribution in [0.25, 0.3) is 0 Å². The molecule has 0 spiro atoms. The molecule has 68 valence electrons. The van der Waals surface area contributed by atoms with E-state index in [2.05, 4.69) is 38.8 Å². The largest absolute Gasteiger partial charge is 0.331 e. The van der Waals surface area contributed by atoms with Crippen LogP contribution in [-0.2, 0) is 0 Å². The maximum atomic E-state index is 5.84. The molecule has 0 atom stereocenters. The third-order valence-electron chi connectivity index (χ3n) is 1.24. The molecular formula is C7H17Cl2NSi. The summed E-state index contributed by atoms with van der Waals surface area (Å²) in [6.07, 6.45) is 0. The summed E-state index contributed by atoms with van der Waals surface area (Å²) in [6.45, 7) is 10.6. The monoisotopic (exact) mass is 213 g/mol. The molecule has 1 N–H and O–H groups in total. The van der Waals surface area contributed by atoms with Crippen molar-refractivity contribution in [3.63, 3.8) is 0 Å². The molecule has 11 heavy (non-hydrogen) atoms. The molecule has 1 nitrogen and oxygen atoms in total. The Kier molecular flexibility index (Phi) is 3.90. The SMILES string of the molecule is CC(C)(C)N[Si](C)(C)C(Cl)Cl. The first-order valence-electron chi connectivity index (χ1n) is 3.73. The third-order valence-corrected chi connectivity index (χ3v) is 7.00. The van der Waals surface area contributed by atoms with Crippen LogP contribution < -0.4 is 4.98 Å². The lowest BCUT2D eigenvalue weighted by atomic mass is 10.1. The van der Waals surface area contributed by atoms with Gasteiger partial charge in [-0.1, -0.05) is 13.1 Å². The molecule has 0 aliphatic rings. The van der Waals surface area contributed by atoms with E-state index >= 15 is 0 Å². The van der Waals surface area contributed by atoms with Crippen molar-refractivity contribution in [2.45, 2.75) is 43.9 Å². The normalized spacial score (nSPS) is 14.2. The zero-order valence-corrected chi connectivity index (χ0v) is 10.3. The second-order valence-corrected chi connectivity index (χ2v) is 10.5. The van der Waals surface area contributed by atoms with Crippen molar-refractivity contribution in [1.82, 2.24) is 4.98 Å². The molecule has 0 heterocycles. The number of hydrogen-bond acceptors (Lipinski definition) is 1. The standard InChI is InChI=1S/C7H17Cl2NSi/c1-7(2,3)10-11(4,5)6(8)9/h6,10H,1-5H3. The van der Waals surface area contributed by atoms with Crippen LogP contribution in [0.15, 0.2) is 0 Å². The lowest BCUT2D eigenvalue weighted by Gasteiger charge is -2.33. The fourth-order valence-electron chi connectivity index (χ4n) is 1.02. The van der Waals surface area contributed by atoms with Gasteiger partial charge < -0.3 is 4.98 Å². The predicted octanol–water partition coefficient (Wildman–Crippen LogP) is 2.92. The second-order valence-electron chi connectivity index (χ2n) is 4.40. The number of alkyl halides is 2. The van der Waals surface area contributed by atoms with Crippen LogP contribution in [0.4, 0.5) is 0 Å². The third kappa shape index (κ3) is 5.07. The number of halogens is 2. The van der Waals surface area contributed by atoms with Gasteiger partial charge >= 0.3 is 0 Å². The highest BCUT2D eigenvalue weighted by atomic mass is 35.5. The van der Waals surface area contributed by atoms with Gasteiger partial charge in [-0.05, 0) is 20.8 Å². The highest BCUT2D eigenvalue weighted by Gasteiger charge is 2.32. The van der Waals surface area contributed by atoms with Crippen LogP contribution in [0.3, 0.4) is 0 Å². The van der Waals surface area contributed by atoms with Gasteiger partial charge in [0.05, 0.1) is 0 Å². The van der Waals surface area contributed by atoms with Crippen molar-refractivity contribution < 1.29 is 0 Å². The van der Waals surface area contributed by atoms with Gasteiger partial charge in [0.25, 0.3) is 0 Å². The van der Waals surface area contributed by atoms with E-state index in [1.165, 1.54) is 0 Å². The molecule has 0 aliphatic heterocycles. The predicted molar refractivity (Wildman–Crippen MR) is 55.9 cm³/mol. The van der Waals surface area contributed by atoms with E-state index in [0.29, 0.717) is 0 Å². The van der Waals surface area contributed by atoms with E-state index in [-0.39, 0.29) is 10.00 Å². The summed E-state index contributed by atoms with van der Waals surface area (Å²) in [6, 6.07) is 0. The molecule has 0 saturated heterocycles. The Morgan fingerprint density at radius 2 is 1.55 bits per heavy atom. The van der Waals surface area contributed by atoms with Crippen molar-refractivity contribution in [1.29, 1.82) is 0 Å². The molecule has 0 unspecified atom stereocenters. The van der Waals surface area contributed by atoms with E-state index in [1.807, 2.05) is 0 Å². The van der Waals surface area contributed by atoms with Crippen LogP contribution in [0.1, 0.15) is 20.8 Å². The van der Waals surface area contributed by atoms with Gasteiger partial charge in [-0.25, -0.2) is 0 Å². The molecule has 0 amide bonds. The Hall–Kier alpha value is 0.757. The summed E-state index contributed by atoms with van der Waals surface area (Å²) >= 11 is 11.7. The smallest absolute Gasteiger partial charge is 0.156 e. The lowest BCUT2D eigenvalue weighted by Crippen LogP contribution is -2.58. The summed E-state index contributed by atoms with van der Waals surface area (Å²) in [5.74, 6) is 0. The van der Waals surface area contributed by atoms with Crippen molar-refractivity contribution in [3.05, 3.63) is 0 Å². The molecular weight excluding hydrogens is 197 g/mol. The summed E-state index contributed by atoms with van der Waals surface area (Å²) < 4.78 is -0.248. The minimum atomic E-state index is -1.64. The zero-order valence-electron chi connectivity index (χ0n) is 7.83. The highest BCUT2D eigenvalue weighted by molar-refractivity contribution is 6.90.